The quantitative estimate of drug-likeness (QED) is 0.835. The Bertz CT molecular complexity index is 963. The van der Waals surface area contributed by atoms with Crippen LogP contribution < -0.4 is 10.1 Å². The molecule has 29 heavy (non-hydrogen) atoms. The molecule has 6 heteroatoms. The molecular weight excluding hydrogens is 370 g/mol. The van der Waals surface area contributed by atoms with Crippen molar-refractivity contribution < 1.29 is 23.5 Å². The molecule has 2 aliphatic heterocycles. The van der Waals surface area contributed by atoms with E-state index in [0.29, 0.717) is 40.8 Å². The van der Waals surface area contributed by atoms with Gasteiger partial charge in [-0.2, -0.15) is 0 Å². The lowest BCUT2D eigenvalue weighted by atomic mass is 9.78. The molecule has 1 saturated carbocycles. The number of fused-ring (bicyclic) bond motifs is 3. The van der Waals surface area contributed by atoms with Crippen molar-refractivity contribution in [2.45, 2.75) is 70.0 Å². The van der Waals surface area contributed by atoms with E-state index in [4.69, 9.17) is 13.9 Å². The Hall–Kier alpha value is -2.34. The summed E-state index contributed by atoms with van der Waals surface area (Å²) in [5, 5.41) is 3.62. The molecule has 1 aliphatic carbocycles. The smallest absolute Gasteiger partial charge is 0.287 e. The van der Waals surface area contributed by atoms with Gasteiger partial charge in [0.25, 0.3) is 5.91 Å². The Morgan fingerprint density at radius 2 is 2.03 bits per heavy atom. The molecule has 1 N–H and O–H groups in total. The number of furan rings is 1. The Morgan fingerprint density at radius 3 is 2.79 bits per heavy atom. The number of hydrogen-bond donors (Lipinski definition) is 1. The molecule has 5 rings (SSSR count). The maximum Gasteiger partial charge on any atom is 0.287 e. The minimum absolute atomic E-state index is 0.0676. The van der Waals surface area contributed by atoms with Crippen LogP contribution in [0.2, 0.25) is 0 Å². The highest BCUT2D eigenvalue weighted by Crippen LogP contribution is 2.45. The van der Waals surface area contributed by atoms with Crippen molar-refractivity contribution in [1.82, 2.24) is 5.32 Å². The lowest BCUT2D eigenvalue weighted by Crippen LogP contribution is -2.43. The van der Waals surface area contributed by atoms with Gasteiger partial charge in [0, 0.05) is 24.1 Å². The summed E-state index contributed by atoms with van der Waals surface area (Å²) in [6.07, 6.45) is 7.73. The highest BCUT2D eigenvalue weighted by atomic mass is 16.5. The predicted octanol–water partition coefficient (Wildman–Crippen LogP) is 4.32. The topological polar surface area (TPSA) is 77.8 Å². The number of nitrogens with one attached hydrogen (secondary N) is 1. The molecule has 1 aromatic heterocycles. The van der Waals surface area contributed by atoms with Gasteiger partial charge in [0.2, 0.25) is 0 Å². The van der Waals surface area contributed by atoms with Crippen molar-refractivity contribution in [1.29, 1.82) is 0 Å². The SMILES string of the molecule is Cc1c(C(=O)NCC2CCCO2)oc2ccc3c(c12)C(=O)CC1(CCCCC1)O3. The molecule has 3 heterocycles. The van der Waals surface area contributed by atoms with Crippen LogP contribution in [-0.4, -0.2) is 36.5 Å². The normalized spacial score (nSPS) is 23.2. The van der Waals surface area contributed by atoms with Crippen LogP contribution in [0.3, 0.4) is 0 Å². The molecule has 0 bridgehead atoms. The van der Waals surface area contributed by atoms with Gasteiger partial charge in [-0.15, -0.1) is 0 Å². The van der Waals surface area contributed by atoms with Gasteiger partial charge >= 0.3 is 0 Å². The second kappa shape index (κ2) is 7.17. The number of amides is 1. The van der Waals surface area contributed by atoms with Gasteiger partial charge < -0.3 is 19.2 Å². The van der Waals surface area contributed by atoms with E-state index in [9.17, 15) is 9.59 Å². The number of hydrogen-bond acceptors (Lipinski definition) is 5. The van der Waals surface area contributed by atoms with Crippen molar-refractivity contribution in [2.75, 3.05) is 13.2 Å². The Balaban J connectivity index is 1.46. The minimum Gasteiger partial charge on any atom is -0.486 e. The number of carbonyl (C=O) groups is 2. The van der Waals surface area contributed by atoms with Gasteiger partial charge in [0.05, 0.1) is 18.1 Å². The fraction of sp³-hybridized carbons (Fsp3) is 0.565. The highest BCUT2D eigenvalue weighted by molar-refractivity contribution is 6.13. The maximum atomic E-state index is 13.2. The first-order chi connectivity index (χ1) is 14.1. The molecule has 1 amide bonds. The van der Waals surface area contributed by atoms with Crippen molar-refractivity contribution in [3.8, 4) is 5.75 Å². The molecule has 1 spiro atoms. The molecule has 6 nitrogen and oxygen atoms in total. The van der Waals surface area contributed by atoms with Crippen molar-refractivity contribution in [3.63, 3.8) is 0 Å². The number of carbonyl (C=O) groups excluding carboxylic acids is 2. The van der Waals surface area contributed by atoms with E-state index < -0.39 is 0 Å². The summed E-state index contributed by atoms with van der Waals surface area (Å²) in [6.45, 7) is 3.06. The Labute approximate surface area is 169 Å². The van der Waals surface area contributed by atoms with Crippen molar-refractivity contribution in [3.05, 3.63) is 29.0 Å². The van der Waals surface area contributed by atoms with Gasteiger partial charge in [-0.1, -0.05) is 6.42 Å². The molecule has 1 saturated heterocycles. The average molecular weight is 397 g/mol. The van der Waals surface area contributed by atoms with Crippen LogP contribution >= 0.6 is 0 Å². The summed E-state index contributed by atoms with van der Waals surface area (Å²) in [6, 6.07) is 3.63. The van der Waals surface area contributed by atoms with Gasteiger partial charge in [0.15, 0.2) is 11.5 Å². The van der Waals surface area contributed by atoms with E-state index >= 15 is 0 Å². The summed E-state index contributed by atoms with van der Waals surface area (Å²) >= 11 is 0. The summed E-state index contributed by atoms with van der Waals surface area (Å²) in [4.78, 5) is 25.9. The van der Waals surface area contributed by atoms with Crippen LogP contribution in [0.1, 0.15) is 77.8 Å². The van der Waals surface area contributed by atoms with Crippen LogP contribution in [-0.2, 0) is 4.74 Å². The number of benzene rings is 1. The summed E-state index contributed by atoms with van der Waals surface area (Å²) in [7, 11) is 0. The third kappa shape index (κ3) is 3.23. The molecule has 0 radical (unpaired) electrons. The molecule has 2 aromatic rings. The molecule has 1 aromatic carbocycles. The van der Waals surface area contributed by atoms with Crippen LogP contribution in [0.25, 0.3) is 11.0 Å². The second-order valence-electron chi connectivity index (χ2n) is 8.66. The molecule has 154 valence electrons. The lowest BCUT2D eigenvalue weighted by Gasteiger charge is -2.40. The van der Waals surface area contributed by atoms with E-state index in [1.54, 1.807) is 0 Å². The van der Waals surface area contributed by atoms with E-state index in [1.807, 2.05) is 19.1 Å². The highest BCUT2D eigenvalue weighted by Gasteiger charge is 2.42. The van der Waals surface area contributed by atoms with Crippen LogP contribution in [0.4, 0.5) is 0 Å². The number of ether oxygens (including phenoxy) is 2. The Morgan fingerprint density at radius 1 is 1.21 bits per heavy atom. The first kappa shape index (κ1) is 18.7. The minimum atomic E-state index is -0.352. The summed E-state index contributed by atoms with van der Waals surface area (Å²) in [5.74, 6) is 0.716. The molecular formula is C23H27NO5. The van der Waals surface area contributed by atoms with E-state index in [-0.39, 0.29) is 29.2 Å². The first-order valence-corrected chi connectivity index (χ1v) is 10.7. The fourth-order valence-corrected chi connectivity index (χ4v) is 5.12. The third-order valence-electron chi connectivity index (χ3n) is 6.63. The molecule has 1 atom stereocenters. The van der Waals surface area contributed by atoms with Gasteiger partial charge in [-0.3, -0.25) is 9.59 Å². The third-order valence-corrected chi connectivity index (χ3v) is 6.63. The lowest BCUT2D eigenvalue weighted by molar-refractivity contribution is 0.0139. The zero-order valence-corrected chi connectivity index (χ0v) is 16.8. The maximum absolute atomic E-state index is 13.2. The monoisotopic (exact) mass is 397 g/mol. The average Bonchev–Trinajstić information content (AvgIpc) is 3.34. The number of ketones is 1. The molecule has 2 fully saturated rings. The van der Waals surface area contributed by atoms with Gasteiger partial charge in [-0.25, -0.2) is 0 Å². The zero-order chi connectivity index (χ0) is 20.0. The van der Waals surface area contributed by atoms with E-state index in [1.165, 1.54) is 6.42 Å². The number of rotatable bonds is 3. The summed E-state index contributed by atoms with van der Waals surface area (Å²) < 4.78 is 17.8. The first-order valence-electron chi connectivity index (χ1n) is 10.7. The van der Waals surface area contributed by atoms with E-state index in [2.05, 4.69) is 5.32 Å². The number of aryl methyl sites for hydroxylation is 1. The molecule has 3 aliphatic rings. The van der Waals surface area contributed by atoms with Crippen LogP contribution in [0, 0.1) is 6.92 Å². The standard InChI is InChI=1S/C23H27NO5/c1-14-19-17(28-21(14)22(26)24-13-15-6-5-11-27-15)7-8-18-20(19)16(25)12-23(29-18)9-3-2-4-10-23/h7-8,15H,2-6,9-13H2,1H3,(H,24,26). The van der Waals surface area contributed by atoms with Gasteiger partial charge in [-0.05, 0) is 57.6 Å². The zero-order valence-electron chi connectivity index (χ0n) is 16.8. The predicted molar refractivity (Wildman–Crippen MR) is 108 cm³/mol. The van der Waals surface area contributed by atoms with Crippen LogP contribution in [0.15, 0.2) is 16.5 Å². The molecule has 1 unspecified atom stereocenters. The number of Topliss-reactive ketones (excluding diaryl/α,β-unsaturated/α-hetero) is 1. The van der Waals surface area contributed by atoms with E-state index in [0.717, 1.165) is 45.1 Å². The van der Waals surface area contributed by atoms with Crippen LogP contribution in [0.5, 0.6) is 5.75 Å². The second-order valence-corrected chi connectivity index (χ2v) is 8.66. The van der Waals surface area contributed by atoms with Gasteiger partial charge in [0.1, 0.15) is 16.9 Å². The van der Waals surface area contributed by atoms with Crippen molar-refractivity contribution in [2.24, 2.45) is 0 Å². The fourth-order valence-electron chi connectivity index (χ4n) is 5.12. The Kier molecular flexibility index (Phi) is 4.62. The van der Waals surface area contributed by atoms with Crippen molar-refractivity contribution >= 4 is 22.7 Å². The largest absolute Gasteiger partial charge is 0.486 e. The summed E-state index contributed by atoms with van der Waals surface area (Å²) in [5.41, 5.74) is 1.46.